The Morgan fingerprint density at radius 3 is 2.69 bits per heavy atom. The number of imide groups is 1. The number of aromatic amines is 1. The molecule has 0 unspecified atom stereocenters. The summed E-state index contributed by atoms with van der Waals surface area (Å²) in [6, 6.07) is 5.42. The van der Waals surface area contributed by atoms with Gasteiger partial charge < -0.3 is 15.1 Å². The van der Waals surface area contributed by atoms with E-state index in [0.29, 0.717) is 24.7 Å². The fourth-order valence-electron chi connectivity index (χ4n) is 3.76. The number of aromatic nitrogens is 2. The third-order valence-corrected chi connectivity index (χ3v) is 5.77. The van der Waals surface area contributed by atoms with Crippen LogP contribution >= 0.6 is 11.6 Å². The maximum atomic E-state index is 12.9. The van der Waals surface area contributed by atoms with Crippen molar-refractivity contribution in [3.8, 4) is 11.1 Å². The molecule has 1 aromatic heterocycles. The molecule has 0 spiro atoms. The lowest BCUT2D eigenvalue weighted by Gasteiger charge is -2.42. The molecule has 1 fully saturated rings. The lowest BCUT2D eigenvalue weighted by atomic mass is 10.1. The Morgan fingerprint density at radius 2 is 2.03 bits per heavy atom. The summed E-state index contributed by atoms with van der Waals surface area (Å²) in [7, 11) is 0. The van der Waals surface area contributed by atoms with Gasteiger partial charge in [0.2, 0.25) is 11.8 Å². The van der Waals surface area contributed by atoms with E-state index in [4.69, 9.17) is 11.6 Å². The van der Waals surface area contributed by atoms with E-state index in [0.717, 1.165) is 16.8 Å². The lowest BCUT2D eigenvalue weighted by Crippen LogP contribution is -2.55. The van der Waals surface area contributed by atoms with E-state index >= 15 is 0 Å². The zero-order chi connectivity index (χ0) is 23.3. The first kappa shape index (κ1) is 23.6. The molecule has 0 bridgehead atoms. The van der Waals surface area contributed by atoms with Crippen molar-refractivity contribution in [2.75, 3.05) is 31.1 Å². The van der Waals surface area contributed by atoms with Gasteiger partial charge in [0.05, 0.1) is 12.1 Å². The van der Waals surface area contributed by atoms with Crippen LogP contribution < -0.4 is 15.5 Å². The van der Waals surface area contributed by atoms with Crippen molar-refractivity contribution in [2.24, 2.45) is 5.92 Å². The fourth-order valence-corrected chi connectivity index (χ4v) is 3.99. The van der Waals surface area contributed by atoms with Crippen LogP contribution in [0.5, 0.6) is 0 Å². The summed E-state index contributed by atoms with van der Waals surface area (Å²) < 4.78 is 0. The average molecular weight is 461 g/mol. The maximum absolute atomic E-state index is 12.9. The Labute approximate surface area is 192 Å². The second-order valence-electron chi connectivity index (χ2n) is 8.02. The van der Waals surface area contributed by atoms with Gasteiger partial charge in [0.25, 0.3) is 0 Å². The predicted octanol–water partition coefficient (Wildman–Crippen LogP) is 2.64. The number of piperazine rings is 1. The van der Waals surface area contributed by atoms with E-state index < -0.39 is 11.9 Å². The van der Waals surface area contributed by atoms with E-state index in [1.54, 1.807) is 20.0 Å². The van der Waals surface area contributed by atoms with Crippen LogP contribution in [0, 0.1) is 5.92 Å². The smallest absolute Gasteiger partial charge is 0.321 e. The van der Waals surface area contributed by atoms with Gasteiger partial charge in [-0.25, -0.2) is 4.79 Å². The van der Waals surface area contributed by atoms with Gasteiger partial charge in [0, 0.05) is 61.1 Å². The van der Waals surface area contributed by atoms with E-state index in [1.165, 1.54) is 0 Å². The number of hydrogen-bond acceptors (Lipinski definition) is 5. The van der Waals surface area contributed by atoms with Crippen LogP contribution in [0.4, 0.5) is 10.5 Å². The Balaban J connectivity index is 1.59. The molecule has 0 aliphatic carbocycles. The molecule has 1 saturated heterocycles. The fraction of sp³-hybridized carbons (Fsp3) is 0.455. The van der Waals surface area contributed by atoms with Crippen LogP contribution in [0.15, 0.2) is 30.6 Å². The Hall–Kier alpha value is -3.07. The van der Waals surface area contributed by atoms with Crippen LogP contribution in [0.1, 0.15) is 27.2 Å². The summed E-state index contributed by atoms with van der Waals surface area (Å²) in [6.45, 7) is 7.48. The number of benzene rings is 1. The number of carbonyl (C=O) groups is 3. The standard InChI is InChI=1S/C22H29ClN6O3/c1-4-20(30)27-22(32)24-10-14(2)21(31)28-5-6-29(15(3)13-28)19-8-16(7-18(23)9-19)17-11-25-26-12-17/h7-9,11-12,14-15H,4-6,10,13H2,1-3H3,(H,25,26)(H2,24,27,30,32)/t14-,15-/m0/s1. The topological polar surface area (TPSA) is 110 Å². The monoisotopic (exact) mass is 460 g/mol. The van der Waals surface area contributed by atoms with Crippen molar-refractivity contribution < 1.29 is 14.4 Å². The summed E-state index contributed by atoms with van der Waals surface area (Å²) in [5.41, 5.74) is 2.94. The number of H-pyrrole nitrogens is 1. The third kappa shape index (κ3) is 5.79. The van der Waals surface area contributed by atoms with Gasteiger partial charge in [0.15, 0.2) is 0 Å². The Bertz CT molecular complexity index is 965. The number of carbonyl (C=O) groups excluding carboxylic acids is 3. The number of rotatable bonds is 6. The van der Waals surface area contributed by atoms with Crippen LogP contribution in [0.3, 0.4) is 0 Å². The highest BCUT2D eigenvalue weighted by Crippen LogP contribution is 2.30. The summed E-state index contributed by atoms with van der Waals surface area (Å²) in [5, 5.41) is 12.3. The minimum absolute atomic E-state index is 0.0243. The molecule has 1 aliphatic rings. The molecule has 0 radical (unpaired) electrons. The highest BCUT2D eigenvalue weighted by Gasteiger charge is 2.29. The van der Waals surface area contributed by atoms with E-state index in [2.05, 4.69) is 38.7 Å². The first-order valence-electron chi connectivity index (χ1n) is 10.7. The van der Waals surface area contributed by atoms with Crippen LogP contribution in [-0.4, -0.2) is 65.2 Å². The minimum atomic E-state index is -0.580. The average Bonchev–Trinajstić information content (AvgIpc) is 3.31. The van der Waals surface area contributed by atoms with Crippen molar-refractivity contribution in [3.63, 3.8) is 0 Å². The van der Waals surface area contributed by atoms with Gasteiger partial charge in [-0.3, -0.25) is 20.0 Å². The van der Waals surface area contributed by atoms with E-state index in [1.807, 2.05) is 23.2 Å². The largest absolute Gasteiger partial charge is 0.365 e. The van der Waals surface area contributed by atoms with Gasteiger partial charge in [0.1, 0.15) is 0 Å². The third-order valence-electron chi connectivity index (χ3n) is 5.55. The second kappa shape index (κ2) is 10.5. The number of halogens is 1. The molecule has 10 heteroatoms. The molecule has 32 heavy (non-hydrogen) atoms. The number of urea groups is 1. The van der Waals surface area contributed by atoms with Gasteiger partial charge in [-0.2, -0.15) is 5.10 Å². The van der Waals surface area contributed by atoms with E-state index in [-0.39, 0.29) is 30.8 Å². The molecular formula is C22H29ClN6O3. The quantitative estimate of drug-likeness (QED) is 0.613. The number of anilines is 1. The van der Waals surface area contributed by atoms with Crippen LogP contribution in [0.25, 0.3) is 11.1 Å². The summed E-state index contributed by atoms with van der Waals surface area (Å²) >= 11 is 6.37. The first-order valence-corrected chi connectivity index (χ1v) is 11.1. The molecule has 3 N–H and O–H groups in total. The number of nitrogens with one attached hydrogen (secondary N) is 3. The Morgan fingerprint density at radius 1 is 1.25 bits per heavy atom. The number of amides is 4. The van der Waals surface area contributed by atoms with Crippen molar-refractivity contribution >= 4 is 35.1 Å². The SMILES string of the molecule is CCC(=O)NC(=O)NC[C@H](C)C(=O)N1CCN(c2cc(Cl)cc(-c3cn[nH]c3)c2)[C@@H](C)C1. The number of hydrogen-bond donors (Lipinski definition) is 3. The zero-order valence-electron chi connectivity index (χ0n) is 18.5. The molecule has 4 amide bonds. The normalized spacial score (nSPS) is 17.1. The second-order valence-corrected chi connectivity index (χ2v) is 8.46. The molecular weight excluding hydrogens is 432 g/mol. The van der Waals surface area contributed by atoms with E-state index in [9.17, 15) is 14.4 Å². The van der Waals surface area contributed by atoms with Crippen LogP contribution in [-0.2, 0) is 9.59 Å². The molecule has 2 atom stereocenters. The Kier molecular flexibility index (Phi) is 7.74. The molecule has 172 valence electrons. The maximum Gasteiger partial charge on any atom is 0.321 e. The lowest BCUT2D eigenvalue weighted by molar-refractivity contribution is -0.135. The van der Waals surface area contributed by atoms with Crippen molar-refractivity contribution in [1.82, 2.24) is 25.7 Å². The highest BCUT2D eigenvalue weighted by atomic mass is 35.5. The minimum Gasteiger partial charge on any atom is -0.365 e. The molecule has 2 aromatic rings. The van der Waals surface area contributed by atoms with Crippen molar-refractivity contribution in [2.45, 2.75) is 33.2 Å². The van der Waals surface area contributed by atoms with Gasteiger partial charge in [-0.1, -0.05) is 25.4 Å². The number of nitrogens with zero attached hydrogens (tertiary/aromatic N) is 3. The molecule has 9 nitrogen and oxygen atoms in total. The predicted molar refractivity (Wildman–Crippen MR) is 123 cm³/mol. The highest BCUT2D eigenvalue weighted by molar-refractivity contribution is 6.31. The summed E-state index contributed by atoms with van der Waals surface area (Å²) in [6.07, 6.45) is 3.80. The van der Waals surface area contributed by atoms with Gasteiger partial charge >= 0.3 is 6.03 Å². The van der Waals surface area contributed by atoms with Crippen molar-refractivity contribution in [1.29, 1.82) is 0 Å². The van der Waals surface area contributed by atoms with Crippen LogP contribution in [0.2, 0.25) is 5.02 Å². The summed E-state index contributed by atoms with van der Waals surface area (Å²) in [5.74, 6) is -0.776. The molecule has 0 saturated carbocycles. The first-order chi connectivity index (χ1) is 15.3. The van der Waals surface area contributed by atoms with Gasteiger partial charge in [-0.15, -0.1) is 0 Å². The molecule has 3 rings (SSSR count). The molecule has 1 aromatic carbocycles. The van der Waals surface area contributed by atoms with Crippen molar-refractivity contribution in [3.05, 3.63) is 35.6 Å². The molecule has 1 aliphatic heterocycles. The summed E-state index contributed by atoms with van der Waals surface area (Å²) in [4.78, 5) is 39.9. The zero-order valence-corrected chi connectivity index (χ0v) is 19.3. The molecule has 2 heterocycles. The van der Waals surface area contributed by atoms with Gasteiger partial charge in [-0.05, 0) is 30.7 Å².